The highest BCUT2D eigenvalue weighted by atomic mass is 16.5. The summed E-state index contributed by atoms with van der Waals surface area (Å²) < 4.78 is 5.28. The van der Waals surface area contributed by atoms with Gasteiger partial charge >= 0.3 is 0 Å². The van der Waals surface area contributed by atoms with Gasteiger partial charge in [0.2, 0.25) is 0 Å². The highest BCUT2D eigenvalue weighted by Crippen LogP contribution is 2.37. The Hall–Kier alpha value is -1.28. The summed E-state index contributed by atoms with van der Waals surface area (Å²) in [5.74, 6) is 1.21. The lowest BCUT2D eigenvalue weighted by molar-refractivity contribution is 0.123. The number of allylic oxidation sites excluding steroid dienone is 1. The number of aliphatic hydroxyl groups is 1. The van der Waals surface area contributed by atoms with Crippen molar-refractivity contribution in [2.24, 2.45) is 0 Å². The van der Waals surface area contributed by atoms with Gasteiger partial charge in [0.1, 0.15) is 5.75 Å². The fraction of sp³-hybridized carbons (Fsp3) is 0.529. The van der Waals surface area contributed by atoms with E-state index in [1.807, 2.05) is 12.1 Å². The molecule has 1 aromatic carbocycles. The van der Waals surface area contributed by atoms with Gasteiger partial charge in [-0.2, -0.15) is 0 Å². The predicted octanol–water partition coefficient (Wildman–Crippen LogP) is 3.83. The third-order valence-corrected chi connectivity index (χ3v) is 4.08. The molecule has 0 bridgehead atoms. The van der Waals surface area contributed by atoms with Gasteiger partial charge in [-0.25, -0.2) is 0 Å². The van der Waals surface area contributed by atoms with E-state index in [0.717, 1.165) is 44.3 Å². The van der Waals surface area contributed by atoms with Crippen molar-refractivity contribution in [1.29, 1.82) is 0 Å². The van der Waals surface area contributed by atoms with Crippen LogP contribution in [0.2, 0.25) is 0 Å². The van der Waals surface area contributed by atoms with Crippen molar-refractivity contribution >= 4 is 0 Å². The maximum atomic E-state index is 10.4. The molecule has 0 saturated carbocycles. The fourth-order valence-electron chi connectivity index (χ4n) is 3.03. The molecule has 0 saturated heterocycles. The molecule has 2 nitrogen and oxygen atoms in total. The van der Waals surface area contributed by atoms with Crippen molar-refractivity contribution in [1.82, 2.24) is 0 Å². The van der Waals surface area contributed by atoms with Gasteiger partial charge in [0, 0.05) is 5.92 Å². The summed E-state index contributed by atoms with van der Waals surface area (Å²) >= 11 is 0. The Morgan fingerprint density at radius 3 is 3.11 bits per heavy atom. The number of hydrogen-bond acceptors (Lipinski definition) is 2. The van der Waals surface area contributed by atoms with Crippen molar-refractivity contribution in [3.8, 4) is 5.75 Å². The maximum Gasteiger partial charge on any atom is 0.119 e. The van der Waals surface area contributed by atoms with Crippen LogP contribution in [0.15, 0.2) is 30.9 Å². The molecule has 2 rings (SSSR count). The minimum atomic E-state index is -0.229. The number of hydrogen-bond donors (Lipinski definition) is 1. The van der Waals surface area contributed by atoms with Gasteiger partial charge in [0.05, 0.1) is 13.2 Å². The first-order valence-electron chi connectivity index (χ1n) is 7.22. The van der Waals surface area contributed by atoms with Crippen molar-refractivity contribution in [2.75, 3.05) is 7.11 Å². The Kier molecular flexibility index (Phi) is 5.03. The van der Waals surface area contributed by atoms with E-state index in [-0.39, 0.29) is 6.10 Å². The predicted molar refractivity (Wildman–Crippen MR) is 78.7 cm³/mol. The number of unbranched alkanes of at least 4 members (excludes halogenated alkanes) is 1. The number of methoxy groups -OCH3 is 1. The Morgan fingerprint density at radius 1 is 1.53 bits per heavy atom. The Morgan fingerprint density at radius 2 is 2.37 bits per heavy atom. The fourth-order valence-corrected chi connectivity index (χ4v) is 3.03. The van der Waals surface area contributed by atoms with Gasteiger partial charge in [0.25, 0.3) is 0 Å². The molecule has 104 valence electrons. The van der Waals surface area contributed by atoms with E-state index < -0.39 is 0 Å². The first-order chi connectivity index (χ1) is 9.26. The van der Waals surface area contributed by atoms with E-state index in [4.69, 9.17) is 4.74 Å². The van der Waals surface area contributed by atoms with Gasteiger partial charge in [0.15, 0.2) is 0 Å². The summed E-state index contributed by atoms with van der Waals surface area (Å²) in [5.41, 5.74) is 2.66. The summed E-state index contributed by atoms with van der Waals surface area (Å²) in [4.78, 5) is 0. The molecule has 0 radical (unpaired) electrons. The van der Waals surface area contributed by atoms with Crippen molar-refractivity contribution in [2.45, 2.75) is 50.5 Å². The van der Waals surface area contributed by atoms with Crippen LogP contribution in [0, 0.1) is 0 Å². The standard InChI is InChI=1S/C17H24O2/c1-3-4-5-9-17(18)16-8-6-7-13-12-14(19-2)10-11-15(13)16/h3,10-12,16-18H,1,4-9H2,2H3. The molecule has 0 aromatic heterocycles. The van der Waals surface area contributed by atoms with Crippen LogP contribution in [0.5, 0.6) is 5.75 Å². The average Bonchev–Trinajstić information content (AvgIpc) is 2.46. The molecule has 2 unspecified atom stereocenters. The molecule has 0 fully saturated rings. The largest absolute Gasteiger partial charge is 0.497 e. The lowest BCUT2D eigenvalue weighted by atomic mass is 9.78. The van der Waals surface area contributed by atoms with Gasteiger partial charge in [-0.05, 0) is 61.8 Å². The Bertz CT molecular complexity index is 425. The zero-order valence-electron chi connectivity index (χ0n) is 11.8. The second kappa shape index (κ2) is 6.76. The van der Waals surface area contributed by atoms with Gasteiger partial charge in [-0.1, -0.05) is 12.1 Å². The molecular weight excluding hydrogens is 236 g/mol. The molecule has 1 aromatic rings. The molecule has 1 aliphatic carbocycles. The van der Waals surface area contributed by atoms with E-state index >= 15 is 0 Å². The van der Waals surface area contributed by atoms with Crippen LogP contribution in [0.1, 0.15) is 49.1 Å². The summed E-state index contributed by atoms with van der Waals surface area (Å²) in [6.07, 6.45) is 7.91. The van der Waals surface area contributed by atoms with Crippen LogP contribution in [-0.2, 0) is 6.42 Å². The van der Waals surface area contributed by atoms with Gasteiger partial charge < -0.3 is 9.84 Å². The van der Waals surface area contributed by atoms with E-state index in [2.05, 4.69) is 18.7 Å². The molecule has 0 heterocycles. The maximum absolute atomic E-state index is 10.4. The first-order valence-corrected chi connectivity index (χ1v) is 7.22. The molecular formula is C17H24O2. The highest BCUT2D eigenvalue weighted by Gasteiger charge is 2.26. The van der Waals surface area contributed by atoms with Crippen molar-refractivity contribution < 1.29 is 9.84 Å². The molecule has 1 aliphatic rings. The quantitative estimate of drug-likeness (QED) is 0.622. The third-order valence-electron chi connectivity index (χ3n) is 4.08. The highest BCUT2D eigenvalue weighted by molar-refractivity contribution is 5.39. The zero-order valence-corrected chi connectivity index (χ0v) is 11.8. The molecule has 1 N–H and O–H groups in total. The van der Waals surface area contributed by atoms with Gasteiger partial charge in [-0.15, -0.1) is 6.58 Å². The SMILES string of the molecule is C=CCCCC(O)C1CCCc2cc(OC)ccc21. The average molecular weight is 260 g/mol. The van der Waals surface area contributed by atoms with Crippen LogP contribution < -0.4 is 4.74 Å². The minimum Gasteiger partial charge on any atom is -0.497 e. The summed E-state index contributed by atoms with van der Waals surface area (Å²) in [5, 5.41) is 10.4. The molecule has 0 amide bonds. The van der Waals surface area contributed by atoms with Crippen LogP contribution in [0.4, 0.5) is 0 Å². The monoisotopic (exact) mass is 260 g/mol. The zero-order chi connectivity index (χ0) is 13.7. The number of aryl methyl sites for hydroxylation is 1. The topological polar surface area (TPSA) is 29.5 Å². The molecule has 0 spiro atoms. The smallest absolute Gasteiger partial charge is 0.119 e. The summed E-state index contributed by atoms with van der Waals surface area (Å²) in [6, 6.07) is 6.26. The number of benzene rings is 1. The normalized spacial score (nSPS) is 19.6. The van der Waals surface area contributed by atoms with E-state index in [1.54, 1.807) is 7.11 Å². The summed E-state index contributed by atoms with van der Waals surface area (Å²) in [6.45, 7) is 3.73. The second-order valence-electron chi connectivity index (χ2n) is 5.35. The molecule has 0 aliphatic heterocycles. The molecule has 2 heteroatoms. The second-order valence-corrected chi connectivity index (χ2v) is 5.35. The van der Waals surface area contributed by atoms with Crippen LogP contribution >= 0.6 is 0 Å². The Labute approximate surface area is 116 Å². The lowest BCUT2D eigenvalue weighted by Crippen LogP contribution is -2.23. The lowest BCUT2D eigenvalue weighted by Gasteiger charge is -2.29. The minimum absolute atomic E-state index is 0.229. The molecule has 19 heavy (non-hydrogen) atoms. The first kappa shape index (κ1) is 14.1. The number of ether oxygens (including phenoxy) is 1. The van der Waals surface area contributed by atoms with E-state index in [1.165, 1.54) is 11.1 Å². The van der Waals surface area contributed by atoms with Crippen molar-refractivity contribution in [3.63, 3.8) is 0 Å². The van der Waals surface area contributed by atoms with Crippen LogP contribution in [0.3, 0.4) is 0 Å². The van der Waals surface area contributed by atoms with Gasteiger partial charge in [-0.3, -0.25) is 0 Å². The molecule has 2 atom stereocenters. The Balaban J connectivity index is 2.10. The third kappa shape index (κ3) is 3.38. The van der Waals surface area contributed by atoms with E-state index in [0.29, 0.717) is 5.92 Å². The van der Waals surface area contributed by atoms with E-state index in [9.17, 15) is 5.11 Å². The number of fused-ring (bicyclic) bond motifs is 1. The van der Waals surface area contributed by atoms with Crippen LogP contribution in [-0.4, -0.2) is 18.3 Å². The summed E-state index contributed by atoms with van der Waals surface area (Å²) in [7, 11) is 1.70. The van der Waals surface area contributed by atoms with Crippen molar-refractivity contribution in [3.05, 3.63) is 42.0 Å². The number of aliphatic hydroxyl groups excluding tert-OH is 1. The number of rotatable bonds is 6. The van der Waals surface area contributed by atoms with Crippen LogP contribution in [0.25, 0.3) is 0 Å².